The Bertz CT molecular complexity index is 1110. The fourth-order valence-electron chi connectivity index (χ4n) is 3.02. The molecule has 0 unspecified atom stereocenters. The van der Waals surface area contributed by atoms with Crippen LogP contribution in [0.4, 0.5) is 0 Å². The van der Waals surface area contributed by atoms with Crippen LogP contribution in [0.2, 0.25) is 5.15 Å². The number of aryl methyl sites for hydroxylation is 1. The van der Waals surface area contributed by atoms with Crippen LogP contribution in [0, 0.1) is 13.8 Å². The Labute approximate surface area is 173 Å². The number of hydrogen-bond donors (Lipinski definition) is 1. The van der Waals surface area contributed by atoms with Crippen LogP contribution in [0.3, 0.4) is 0 Å². The number of aromatic nitrogens is 2. The molecule has 0 bridgehead atoms. The summed E-state index contributed by atoms with van der Waals surface area (Å²) in [6.07, 6.45) is 3.05. The molecule has 3 aromatic rings. The number of carbonyl (C=O) groups is 2. The van der Waals surface area contributed by atoms with Gasteiger partial charge in [-0.1, -0.05) is 23.7 Å². The number of hydrogen-bond acceptors (Lipinski definition) is 5. The Hall–Kier alpha value is -3.45. The van der Waals surface area contributed by atoms with Gasteiger partial charge in [-0.15, -0.1) is 0 Å². The molecular formula is C21H19ClN4O3. The first kappa shape index (κ1) is 20.3. The number of nitrogens with one attached hydrogen (secondary N) is 1. The maximum absolute atomic E-state index is 12.2. The fraction of sp³-hybridized carbons (Fsp3) is 0.143. The number of ether oxygens (including phenoxy) is 1. The largest absolute Gasteiger partial charge is 0.465 e. The van der Waals surface area contributed by atoms with Crippen LogP contribution >= 0.6 is 11.6 Å². The van der Waals surface area contributed by atoms with E-state index in [-0.39, 0.29) is 10.7 Å². The second kappa shape index (κ2) is 8.70. The minimum Gasteiger partial charge on any atom is -0.465 e. The van der Waals surface area contributed by atoms with Crippen LogP contribution < -0.4 is 5.43 Å². The summed E-state index contributed by atoms with van der Waals surface area (Å²) < 4.78 is 6.82. The van der Waals surface area contributed by atoms with Crippen LogP contribution in [-0.2, 0) is 4.74 Å². The van der Waals surface area contributed by atoms with E-state index in [2.05, 4.69) is 15.5 Å². The molecule has 2 heterocycles. The summed E-state index contributed by atoms with van der Waals surface area (Å²) in [7, 11) is 1.35. The van der Waals surface area contributed by atoms with Crippen molar-refractivity contribution >= 4 is 29.7 Å². The Morgan fingerprint density at radius 1 is 1.17 bits per heavy atom. The molecule has 0 fully saturated rings. The van der Waals surface area contributed by atoms with Crippen molar-refractivity contribution in [1.29, 1.82) is 0 Å². The first-order chi connectivity index (χ1) is 13.9. The molecule has 0 aliphatic heterocycles. The molecule has 7 nitrogen and oxygen atoms in total. The number of para-hydroxylation sites is 1. The van der Waals surface area contributed by atoms with Crippen molar-refractivity contribution in [1.82, 2.24) is 15.0 Å². The molecule has 0 aliphatic rings. The average molecular weight is 411 g/mol. The summed E-state index contributed by atoms with van der Waals surface area (Å²) in [5.41, 5.74) is 6.41. The van der Waals surface area contributed by atoms with E-state index in [1.807, 2.05) is 36.6 Å². The monoisotopic (exact) mass is 410 g/mol. The Balaban J connectivity index is 1.88. The number of amides is 1. The third-order valence-electron chi connectivity index (χ3n) is 4.39. The van der Waals surface area contributed by atoms with Gasteiger partial charge in [0.1, 0.15) is 5.15 Å². The molecule has 148 valence electrons. The highest BCUT2D eigenvalue weighted by Gasteiger charge is 2.17. The van der Waals surface area contributed by atoms with Gasteiger partial charge in [-0.2, -0.15) is 5.10 Å². The molecule has 29 heavy (non-hydrogen) atoms. The number of halogens is 1. The molecule has 1 N–H and O–H groups in total. The van der Waals surface area contributed by atoms with Gasteiger partial charge in [-0.3, -0.25) is 4.79 Å². The second-order valence-corrected chi connectivity index (χ2v) is 6.57. The summed E-state index contributed by atoms with van der Waals surface area (Å²) in [6.45, 7) is 3.83. The molecule has 8 heteroatoms. The van der Waals surface area contributed by atoms with Crippen LogP contribution in [0.25, 0.3) is 5.69 Å². The standard InChI is InChI=1S/C21H19ClN4O3/c1-13-11-15(12-24-25-20(27)17-8-6-10-23-19(17)22)14(2)26(13)18-9-5-4-7-16(18)21(28)29-3/h4-12H,1-3H3,(H,25,27). The van der Waals surface area contributed by atoms with Crippen molar-refractivity contribution in [2.24, 2.45) is 5.10 Å². The van der Waals surface area contributed by atoms with Gasteiger partial charge in [-0.05, 0) is 44.2 Å². The average Bonchev–Trinajstić information content (AvgIpc) is 3.00. The fourth-order valence-corrected chi connectivity index (χ4v) is 3.22. The molecule has 2 aromatic heterocycles. The molecule has 0 atom stereocenters. The van der Waals surface area contributed by atoms with Crippen LogP contribution in [0.15, 0.2) is 53.8 Å². The molecule has 1 aromatic carbocycles. The van der Waals surface area contributed by atoms with Gasteiger partial charge in [0.25, 0.3) is 5.91 Å². The number of esters is 1. The van der Waals surface area contributed by atoms with E-state index in [0.717, 1.165) is 17.0 Å². The molecule has 0 saturated carbocycles. The Morgan fingerprint density at radius 3 is 2.62 bits per heavy atom. The van der Waals surface area contributed by atoms with Crippen molar-refractivity contribution in [2.45, 2.75) is 13.8 Å². The SMILES string of the molecule is COC(=O)c1ccccc1-n1c(C)cc(C=NNC(=O)c2cccnc2Cl)c1C. The van der Waals surface area contributed by atoms with Gasteiger partial charge in [0.15, 0.2) is 0 Å². The van der Waals surface area contributed by atoms with E-state index < -0.39 is 11.9 Å². The van der Waals surface area contributed by atoms with Crippen molar-refractivity contribution in [3.63, 3.8) is 0 Å². The zero-order chi connectivity index (χ0) is 21.0. The van der Waals surface area contributed by atoms with E-state index >= 15 is 0 Å². The topological polar surface area (TPSA) is 85.6 Å². The van der Waals surface area contributed by atoms with Crippen molar-refractivity contribution in [2.75, 3.05) is 7.11 Å². The van der Waals surface area contributed by atoms with Gasteiger partial charge >= 0.3 is 5.97 Å². The third-order valence-corrected chi connectivity index (χ3v) is 4.70. The summed E-state index contributed by atoms with van der Waals surface area (Å²) in [4.78, 5) is 28.2. The second-order valence-electron chi connectivity index (χ2n) is 6.21. The normalized spacial score (nSPS) is 10.9. The van der Waals surface area contributed by atoms with Crippen LogP contribution in [0.1, 0.15) is 37.7 Å². The number of pyridine rings is 1. The molecule has 3 rings (SSSR count). The van der Waals surface area contributed by atoms with Gasteiger partial charge in [-0.25, -0.2) is 15.2 Å². The van der Waals surface area contributed by atoms with E-state index in [4.69, 9.17) is 16.3 Å². The van der Waals surface area contributed by atoms with Gasteiger partial charge < -0.3 is 9.30 Å². The number of hydrazone groups is 1. The summed E-state index contributed by atoms with van der Waals surface area (Å²) in [5, 5.41) is 4.13. The lowest BCUT2D eigenvalue weighted by Crippen LogP contribution is -2.18. The maximum Gasteiger partial charge on any atom is 0.339 e. The van der Waals surface area contributed by atoms with Crippen LogP contribution in [-0.4, -0.2) is 34.8 Å². The summed E-state index contributed by atoms with van der Waals surface area (Å²) >= 11 is 5.92. The smallest absolute Gasteiger partial charge is 0.339 e. The predicted molar refractivity (Wildman–Crippen MR) is 111 cm³/mol. The van der Waals surface area contributed by atoms with E-state index in [0.29, 0.717) is 11.3 Å². The maximum atomic E-state index is 12.2. The highest BCUT2D eigenvalue weighted by atomic mass is 35.5. The van der Waals surface area contributed by atoms with Crippen molar-refractivity contribution < 1.29 is 14.3 Å². The number of benzene rings is 1. The molecule has 0 aliphatic carbocycles. The number of methoxy groups -OCH3 is 1. The van der Waals surface area contributed by atoms with Gasteiger partial charge in [0, 0.05) is 23.1 Å². The lowest BCUT2D eigenvalue weighted by atomic mass is 10.1. The third kappa shape index (κ3) is 4.20. The van der Waals surface area contributed by atoms with Crippen molar-refractivity contribution in [3.05, 3.63) is 81.9 Å². The van der Waals surface area contributed by atoms with E-state index in [1.165, 1.54) is 13.3 Å². The molecular weight excluding hydrogens is 392 g/mol. The molecule has 0 spiro atoms. The molecule has 0 radical (unpaired) electrons. The van der Waals surface area contributed by atoms with E-state index in [9.17, 15) is 9.59 Å². The molecule has 1 amide bonds. The minimum absolute atomic E-state index is 0.109. The summed E-state index contributed by atoms with van der Waals surface area (Å²) in [6, 6.07) is 12.3. The Morgan fingerprint density at radius 2 is 1.90 bits per heavy atom. The minimum atomic E-state index is -0.454. The summed E-state index contributed by atoms with van der Waals surface area (Å²) in [5.74, 6) is -0.867. The quantitative estimate of drug-likeness (QED) is 0.301. The number of carbonyl (C=O) groups excluding carboxylic acids is 2. The zero-order valence-electron chi connectivity index (χ0n) is 16.1. The lowest BCUT2D eigenvalue weighted by molar-refractivity contribution is 0.0600. The van der Waals surface area contributed by atoms with E-state index in [1.54, 1.807) is 30.5 Å². The lowest BCUT2D eigenvalue weighted by Gasteiger charge is -2.13. The van der Waals surface area contributed by atoms with Gasteiger partial charge in [0.2, 0.25) is 0 Å². The first-order valence-electron chi connectivity index (χ1n) is 8.74. The first-order valence-corrected chi connectivity index (χ1v) is 9.12. The molecule has 0 saturated heterocycles. The highest BCUT2D eigenvalue weighted by Crippen LogP contribution is 2.23. The number of nitrogens with zero attached hydrogens (tertiary/aromatic N) is 3. The van der Waals surface area contributed by atoms with Crippen LogP contribution in [0.5, 0.6) is 0 Å². The highest BCUT2D eigenvalue weighted by molar-refractivity contribution is 6.32. The van der Waals surface area contributed by atoms with Crippen molar-refractivity contribution in [3.8, 4) is 5.69 Å². The van der Waals surface area contributed by atoms with Gasteiger partial charge in [0.05, 0.1) is 30.1 Å². The number of rotatable bonds is 5. The zero-order valence-corrected chi connectivity index (χ0v) is 16.9. The predicted octanol–water partition coefficient (Wildman–Crippen LogP) is 3.69. The Kier molecular flexibility index (Phi) is 6.09.